The van der Waals surface area contributed by atoms with Crippen LogP contribution in [0.1, 0.15) is 53.6 Å². The number of hydrogen-bond donors (Lipinski definition) is 2. The zero-order valence-corrected chi connectivity index (χ0v) is 11.6. The highest BCUT2D eigenvalue weighted by atomic mass is 32.1. The number of aromatic carboxylic acids is 1. The number of rotatable bonds is 5. The van der Waals surface area contributed by atoms with E-state index < -0.39 is 5.97 Å². The number of carboxylic acids is 1. The van der Waals surface area contributed by atoms with Crippen molar-refractivity contribution in [3.63, 3.8) is 0 Å². The van der Waals surface area contributed by atoms with Gasteiger partial charge in [0.2, 0.25) is 0 Å². The van der Waals surface area contributed by atoms with Gasteiger partial charge in [-0.2, -0.15) is 0 Å². The first-order valence-electron chi connectivity index (χ1n) is 6.74. The molecular weight excluding hydrogens is 246 g/mol. The molecule has 3 nitrogen and oxygen atoms in total. The average Bonchev–Trinajstić information content (AvgIpc) is 2.85. The Morgan fingerprint density at radius 1 is 1.50 bits per heavy atom. The van der Waals surface area contributed by atoms with Crippen LogP contribution in [-0.4, -0.2) is 17.1 Å². The SMILES string of the molecule is CCC1CCCC(NCc2ccc(C(=O)O)s2)C1. The van der Waals surface area contributed by atoms with Crippen molar-refractivity contribution in [1.29, 1.82) is 0 Å². The van der Waals surface area contributed by atoms with E-state index in [0.29, 0.717) is 10.9 Å². The van der Waals surface area contributed by atoms with Crippen LogP contribution >= 0.6 is 11.3 Å². The molecule has 18 heavy (non-hydrogen) atoms. The van der Waals surface area contributed by atoms with Gasteiger partial charge in [-0.3, -0.25) is 0 Å². The molecule has 1 fully saturated rings. The maximum atomic E-state index is 10.8. The summed E-state index contributed by atoms with van der Waals surface area (Å²) in [5, 5.41) is 12.4. The molecule has 1 heterocycles. The number of nitrogens with one attached hydrogen (secondary N) is 1. The molecule has 0 aromatic carbocycles. The van der Waals surface area contributed by atoms with Crippen LogP contribution in [-0.2, 0) is 6.54 Å². The molecule has 1 aliphatic rings. The number of hydrogen-bond acceptors (Lipinski definition) is 3. The van der Waals surface area contributed by atoms with Gasteiger partial charge in [0.05, 0.1) is 0 Å². The molecule has 0 radical (unpaired) electrons. The van der Waals surface area contributed by atoms with Gasteiger partial charge in [-0.05, 0) is 30.9 Å². The minimum atomic E-state index is -0.824. The zero-order chi connectivity index (χ0) is 13.0. The summed E-state index contributed by atoms with van der Waals surface area (Å²) in [5.41, 5.74) is 0. The van der Waals surface area contributed by atoms with Crippen molar-refractivity contribution < 1.29 is 9.90 Å². The number of carboxylic acid groups (broad SMARTS) is 1. The Labute approximate surface area is 112 Å². The zero-order valence-electron chi connectivity index (χ0n) is 10.8. The molecular formula is C14H21NO2S. The van der Waals surface area contributed by atoms with E-state index in [-0.39, 0.29) is 0 Å². The third-order valence-electron chi connectivity index (χ3n) is 3.80. The monoisotopic (exact) mass is 267 g/mol. The van der Waals surface area contributed by atoms with E-state index in [0.717, 1.165) is 17.3 Å². The van der Waals surface area contributed by atoms with Crippen LogP contribution in [0, 0.1) is 5.92 Å². The van der Waals surface area contributed by atoms with Gasteiger partial charge in [-0.1, -0.05) is 26.2 Å². The molecule has 0 aliphatic heterocycles. The Kier molecular flexibility index (Phi) is 4.78. The van der Waals surface area contributed by atoms with E-state index in [2.05, 4.69) is 12.2 Å². The van der Waals surface area contributed by atoms with Crippen LogP contribution in [0.2, 0.25) is 0 Å². The number of carbonyl (C=O) groups is 1. The second-order valence-corrected chi connectivity index (χ2v) is 6.26. The van der Waals surface area contributed by atoms with Gasteiger partial charge in [0, 0.05) is 17.5 Å². The summed E-state index contributed by atoms with van der Waals surface area (Å²) in [6.07, 6.45) is 6.50. The summed E-state index contributed by atoms with van der Waals surface area (Å²) >= 11 is 1.37. The van der Waals surface area contributed by atoms with Crippen LogP contribution in [0.4, 0.5) is 0 Å². The second-order valence-electron chi connectivity index (χ2n) is 5.09. The lowest BCUT2D eigenvalue weighted by Crippen LogP contribution is -2.33. The van der Waals surface area contributed by atoms with E-state index in [1.54, 1.807) is 6.07 Å². The van der Waals surface area contributed by atoms with Gasteiger partial charge in [0.15, 0.2) is 0 Å². The smallest absolute Gasteiger partial charge is 0.345 e. The van der Waals surface area contributed by atoms with E-state index in [1.807, 2.05) is 6.07 Å². The summed E-state index contributed by atoms with van der Waals surface area (Å²) in [7, 11) is 0. The van der Waals surface area contributed by atoms with Gasteiger partial charge in [-0.25, -0.2) is 4.79 Å². The lowest BCUT2D eigenvalue weighted by molar-refractivity contribution is 0.0702. The first-order valence-corrected chi connectivity index (χ1v) is 7.56. The molecule has 2 rings (SSSR count). The Bertz CT molecular complexity index is 402. The van der Waals surface area contributed by atoms with Gasteiger partial charge < -0.3 is 10.4 Å². The maximum Gasteiger partial charge on any atom is 0.345 e. The minimum absolute atomic E-state index is 0.432. The highest BCUT2D eigenvalue weighted by Crippen LogP contribution is 2.27. The predicted octanol–water partition coefficient (Wildman–Crippen LogP) is 3.50. The molecule has 4 heteroatoms. The standard InChI is InChI=1S/C14H21NO2S/c1-2-10-4-3-5-11(8-10)15-9-12-6-7-13(18-12)14(16)17/h6-7,10-11,15H,2-5,8-9H2,1H3,(H,16,17). The van der Waals surface area contributed by atoms with E-state index in [9.17, 15) is 4.79 Å². The molecule has 0 saturated heterocycles. The largest absolute Gasteiger partial charge is 0.477 e. The molecule has 0 spiro atoms. The molecule has 100 valence electrons. The van der Waals surface area contributed by atoms with Crippen LogP contribution in [0.5, 0.6) is 0 Å². The quantitative estimate of drug-likeness (QED) is 0.858. The topological polar surface area (TPSA) is 49.3 Å². The molecule has 1 saturated carbocycles. The van der Waals surface area contributed by atoms with Crippen molar-refractivity contribution in [3.05, 3.63) is 21.9 Å². The van der Waals surface area contributed by atoms with Crippen molar-refractivity contribution in [2.45, 2.75) is 51.6 Å². The summed E-state index contributed by atoms with van der Waals surface area (Å²) in [6.45, 7) is 3.07. The fourth-order valence-electron chi connectivity index (χ4n) is 2.68. The van der Waals surface area contributed by atoms with Crippen molar-refractivity contribution in [1.82, 2.24) is 5.32 Å². The van der Waals surface area contributed by atoms with Crippen molar-refractivity contribution in [2.24, 2.45) is 5.92 Å². The molecule has 2 unspecified atom stereocenters. The fourth-order valence-corrected chi connectivity index (χ4v) is 3.48. The molecule has 1 aromatic heterocycles. The average molecular weight is 267 g/mol. The van der Waals surface area contributed by atoms with Crippen LogP contribution < -0.4 is 5.32 Å². The Morgan fingerprint density at radius 3 is 3.00 bits per heavy atom. The van der Waals surface area contributed by atoms with Crippen molar-refractivity contribution in [3.8, 4) is 0 Å². The third-order valence-corrected chi connectivity index (χ3v) is 4.87. The Balaban J connectivity index is 1.81. The molecule has 2 N–H and O–H groups in total. The number of thiophene rings is 1. The maximum absolute atomic E-state index is 10.8. The lowest BCUT2D eigenvalue weighted by Gasteiger charge is -2.29. The van der Waals surface area contributed by atoms with E-state index in [1.165, 1.54) is 43.4 Å². The Hall–Kier alpha value is -0.870. The molecule has 2 atom stereocenters. The fraction of sp³-hybridized carbons (Fsp3) is 0.643. The van der Waals surface area contributed by atoms with E-state index in [4.69, 9.17) is 5.11 Å². The molecule has 1 aliphatic carbocycles. The second kappa shape index (κ2) is 6.34. The first-order chi connectivity index (χ1) is 8.69. The van der Waals surface area contributed by atoms with Gasteiger partial charge in [0.25, 0.3) is 0 Å². The van der Waals surface area contributed by atoms with Gasteiger partial charge >= 0.3 is 5.97 Å². The van der Waals surface area contributed by atoms with Crippen LogP contribution in [0.25, 0.3) is 0 Å². The summed E-state index contributed by atoms with van der Waals surface area (Å²) in [6, 6.07) is 4.22. The summed E-state index contributed by atoms with van der Waals surface area (Å²) in [4.78, 5) is 12.3. The Morgan fingerprint density at radius 2 is 2.33 bits per heavy atom. The van der Waals surface area contributed by atoms with Crippen molar-refractivity contribution >= 4 is 17.3 Å². The van der Waals surface area contributed by atoms with Gasteiger partial charge in [-0.15, -0.1) is 11.3 Å². The van der Waals surface area contributed by atoms with Crippen LogP contribution in [0.3, 0.4) is 0 Å². The summed E-state index contributed by atoms with van der Waals surface area (Å²) in [5.74, 6) is 0.0455. The molecule has 0 amide bonds. The highest BCUT2D eigenvalue weighted by Gasteiger charge is 2.20. The van der Waals surface area contributed by atoms with Gasteiger partial charge in [0.1, 0.15) is 4.88 Å². The highest BCUT2D eigenvalue weighted by molar-refractivity contribution is 7.13. The molecule has 0 bridgehead atoms. The van der Waals surface area contributed by atoms with Crippen LogP contribution in [0.15, 0.2) is 12.1 Å². The third kappa shape index (κ3) is 3.56. The molecule has 1 aromatic rings. The normalized spacial score (nSPS) is 24.1. The van der Waals surface area contributed by atoms with Crippen molar-refractivity contribution in [2.75, 3.05) is 0 Å². The predicted molar refractivity (Wildman–Crippen MR) is 74.2 cm³/mol. The first kappa shape index (κ1) is 13.6. The van der Waals surface area contributed by atoms with E-state index >= 15 is 0 Å². The lowest BCUT2D eigenvalue weighted by atomic mass is 9.84. The minimum Gasteiger partial charge on any atom is -0.477 e. The summed E-state index contributed by atoms with van der Waals surface area (Å²) < 4.78 is 0.